The molecule has 1 heterocycles. The number of aryl methyl sites for hydroxylation is 1. The first kappa shape index (κ1) is 16.2. The van der Waals surface area contributed by atoms with E-state index < -0.39 is 0 Å². The Labute approximate surface area is 144 Å². The quantitative estimate of drug-likeness (QED) is 0.666. The Kier molecular flexibility index (Phi) is 4.91. The van der Waals surface area contributed by atoms with Crippen LogP contribution in [0.2, 0.25) is 0 Å². The van der Waals surface area contributed by atoms with Crippen molar-refractivity contribution in [3.63, 3.8) is 0 Å². The van der Waals surface area contributed by atoms with Gasteiger partial charge in [0.1, 0.15) is 5.75 Å². The van der Waals surface area contributed by atoms with E-state index in [-0.39, 0.29) is 12.5 Å². The maximum absolute atomic E-state index is 12.2. The largest absolute Gasteiger partial charge is 0.484 e. The van der Waals surface area contributed by atoms with E-state index in [1.165, 1.54) is 16.9 Å². The summed E-state index contributed by atoms with van der Waals surface area (Å²) in [6.07, 6.45) is 1.80. The van der Waals surface area contributed by atoms with Crippen LogP contribution in [-0.2, 0) is 11.3 Å². The van der Waals surface area contributed by atoms with Crippen molar-refractivity contribution in [3.05, 3.63) is 71.6 Å². The van der Waals surface area contributed by atoms with Crippen LogP contribution in [0.25, 0.3) is 10.2 Å². The molecule has 0 bridgehead atoms. The molecule has 0 unspecified atom stereocenters. The molecule has 0 radical (unpaired) electrons. The zero-order valence-corrected chi connectivity index (χ0v) is 14.3. The van der Waals surface area contributed by atoms with Gasteiger partial charge in [-0.05, 0) is 36.8 Å². The first-order chi connectivity index (χ1) is 11.7. The maximum Gasteiger partial charge on any atom is 0.286 e. The van der Waals surface area contributed by atoms with Gasteiger partial charge < -0.3 is 9.30 Å². The highest BCUT2D eigenvalue weighted by Crippen LogP contribution is 2.19. The molecule has 0 N–H and O–H groups in total. The Morgan fingerprint density at radius 2 is 2.08 bits per heavy atom. The average molecular weight is 338 g/mol. The standard InChI is InChI=1S/C19H18N2O2S/c1-3-11-21-16-10-9-14(2)12-17(16)24-19(21)20-18(22)13-23-15-7-5-4-6-8-15/h3-10,12H,1,11,13H2,2H3. The van der Waals surface area contributed by atoms with Crippen molar-refractivity contribution in [2.75, 3.05) is 6.61 Å². The summed E-state index contributed by atoms with van der Waals surface area (Å²) in [6.45, 7) is 6.36. The summed E-state index contributed by atoms with van der Waals surface area (Å²) in [4.78, 5) is 17.1. The summed E-state index contributed by atoms with van der Waals surface area (Å²) >= 11 is 1.50. The lowest BCUT2D eigenvalue weighted by Crippen LogP contribution is -2.19. The van der Waals surface area contributed by atoms with Crippen LogP contribution in [0.15, 0.2) is 66.2 Å². The number of ether oxygens (including phenoxy) is 1. The van der Waals surface area contributed by atoms with Crippen LogP contribution < -0.4 is 9.54 Å². The Balaban J connectivity index is 1.89. The van der Waals surface area contributed by atoms with Gasteiger partial charge in [0.15, 0.2) is 11.4 Å². The number of hydrogen-bond acceptors (Lipinski definition) is 3. The highest BCUT2D eigenvalue weighted by Gasteiger charge is 2.08. The second-order valence-electron chi connectivity index (χ2n) is 5.36. The predicted octanol–water partition coefficient (Wildman–Crippen LogP) is 3.70. The van der Waals surface area contributed by atoms with Crippen LogP contribution in [-0.4, -0.2) is 17.1 Å². The summed E-state index contributed by atoms with van der Waals surface area (Å²) in [5, 5.41) is 0. The molecule has 4 nitrogen and oxygen atoms in total. The highest BCUT2D eigenvalue weighted by molar-refractivity contribution is 7.16. The SMILES string of the molecule is C=CCn1c(=NC(=O)COc2ccccc2)sc2cc(C)ccc21. The van der Waals surface area contributed by atoms with Crippen molar-refractivity contribution >= 4 is 27.5 Å². The van der Waals surface area contributed by atoms with E-state index >= 15 is 0 Å². The molecule has 24 heavy (non-hydrogen) atoms. The molecular formula is C19H18N2O2S. The molecule has 0 saturated carbocycles. The molecule has 5 heteroatoms. The van der Waals surface area contributed by atoms with E-state index in [2.05, 4.69) is 29.8 Å². The summed E-state index contributed by atoms with van der Waals surface area (Å²) in [5.74, 6) is 0.354. The zero-order chi connectivity index (χ0) is 16.9. The molecule has 122 valence electrons. The fraction of sp³-hybridized carbons (Fsp3) is 0.158. The van der Waals surface area contributed by atoms with Crippen molar-refractivity contribution in [1.29, 1.82) is 0 Å². The number of hydrogen-bond donors (Lipinski definition) is 0. The van der Waals surface area contributed by atoms with Gasteiger partial charge in [-0.2, -0.15) is 4.99 Å². The number of nitrogens with zero attached hydrogens (tertiary/aromatic N) is 2. The van der Waals surface area contributed by atoms with Gasteiger partial charge in [-0.15, -0.1) is 6.58 Å². The smallest absolute Gasteiger partial charge is 0.286 e. The minimum Gasteiger partial charge on any atom is -0.484 e. The van der Waals surface area contributed by atoms with Gasteiger partial charge >= 0.3 is 0 Å². The van der Waals surface area contributed by atoms with Crippen LogP contribution in [0, 0.1) is 6.92 Å². The van der Waals surface area contributed by atoms with Crippen molar-refractivity contribution in [1.82, 2.24) is 4.57 Å². The molecule has 0 atom stereocenters. The zero-order valence-electron chi connectivity index (χ0n) is 13.4. The monoisotopic (exact) mass is 338 g/mol. The molecular weight excluding hydrogens is 320 g/mol. The average Bonchev–Trinajstić information content (AvgIpc) is 2.91. The molecule has 0 spiro atoms. The number of allylic oxidation sites excluding steroid dienone is 1. The van der Waals surface area contributed by atoms with Crippen LogP contribution in [0.4, 0.5) is 0 Å². The summed E-state index contributed by atoms with van der Waals surface area (Å²) in [5.41, 5.74) is 2.24. The van der Waals surface area contributed by atoms with Crippen molar-refractivity contribution < 1.29 is 9.53 Å². The Bertz CT molecular complexity index is 939. The number of benzene rings is 2. The van der Waals surface area contributed by atoms with Crippen LogP contribution in [0.5, 0.6) is 5.75 Å². The number of amides is 1. The lowest BCUT2D eigenvalue weighted by atomic mass is 10.2. The third-order valence-corrected chi connectivity index (χ3v) is 4.52. The minimum atomic E-state index is -0.306. The van der Waals surface area contributed by atoms with E-state index in [9.17, 15) is 4.79 Å². The van der Waals surface area contributed by atoms with E-state index in [0.717, 1.165) is 10.2 Å². The third-order valence-electron chi connectivity index (χ3n) is 3.48. The number of rotatable bonds is 5. The molecule has 1 aromatic heterocycles. The predicted molar refractivity (Wildman–Crippen MR) is 97.3 cm³/mol. The van der Waals surface area contributed by atoms with Gasteiger partial charge in [0.2, 0.25) is 0 Å². The Hall–Kier alpha value is -2.66. The second kappa shape index (κ2) is 7.27. The van der Waals surface area contributed by atoms with E-state index in [1.54, 1.807) is 6.08 Å². The molecule has 1 amide bonds. The minimum absolute atomic E-state index is 0.0780. The molecule has 0 aliphatic carbocycles. The fourth-order valence-electron chi connectivity index (χ4n) is 2.37. The number of fused-ring (bicyclic) bond motifs is 1. The fourth-order valence-corrected chi connectivity index (χ4v) is 3.53. The number of aromatic nitrogens is 1. The molecule has 0 aliphatic rings. The first-order valence-electron chi connectivity index (χ1n) is 7.63. The molecule has 3 aromatic rings. The Morgan fingerprint density at radius 1 is 1.29 bits per heavy atom. The van der Waals surface area contributed by atoms with Gasteiger partial charge in [-0.1, -0.05) is 41.7 Å². The van der Waals surface area contributed by atoms with Crippen LogP contribution >= 0.6 is 11.3 Å². The van der Waals surface area contributed by atoms with Gasteiger partial charge in [0.25, 0.3) is 5.91 Å². The lowest BCUT2D eigenvalue weighted by Gasteiger charge is -2.03. The number of thiazole rings is 1. The van der Waals surface area contributed by atoms with E-state index in [4.69, 9.17) is 4.74 Å². The topological polar surface area (TPSA) is 43.6 Å². The number of carbonyl (C=O) groups is 1. The number of para-hydroxylation sites is 1. The molecule has 0 aliphatic heterocycles. The first-order valence-corrected chi connectivity index (χ1v) is 8.45. The normalized spacial score (nSPS) is 11.6. The molecule has 2 aromatic carbocycles. The summed E-state index contributed by atoms with van der Waals surface area (Å²) in [6, 6.07) is 15.5. The molecule has 3 rings (SSSR count). The van der Waals surface area contributed by atoms with Gasteiger partial charge in [-0.3, -0.25) is 4.79 Å². The third kappa shape index (κ3) is 3.63. The van der Waals surface area contributed by atoms with Crippen LogP contribution in [0.1, 0.15) is 5.56 Å². The lowest BCUT2D eigenvalue weighted by molar-refractivity contribution is -0.120. The summed E-state index contributed by atoms with van der Waals surface area (Å²) < 4.78 is 8.56. The second-order valence-corrected chi connectivity index (χ2v) is 6.37. The van der Waals surface area contributed by atoms with Gasteiger partial charge in [0, 0.05) is 6.54 Å². The van der Waals surface area contributed by atoms with Crippen molar-refractivity contribution in [2.45, 2.75) is 13.5 Å². The number of carbonyl (C=O) groups excluding carboxylic acids is 1. The highest BCUT2D eigenvalue weighted by atomic mass is 32.1. The van der Waals surface area contributed by atoms with Gasteiger partial charge in [0.05, 0.1) is 10.2 Å². The summed E-state index contributed by atoms with van der Waals surface area (Å²) in [7, 11) is 0. The molecule has 0 fully saturated rings. The van der Waals surface area contributed by atoms with E-state index in [1.807, 2.05) is 41.8 Å². The van der Waals surface area contributed by atoms with Crippen LogP contribution in [0.3, 0.4) is 0 Å². The Morgan fingerprint density at radius 3 is 2.83 bits per heavy atom. The maximum atomic E-state index is 12.2. The van der Waals surface area contributed by atoms with Gasteiger partial charge in [-0.25, -0.2) is 0 Å². The van der Waals surface area contributed by atoms with E-state index in [0.29, 0.717) is 17.1 Å². The molecule has 0 saturated heterocycles. The van der Waals surface area contributed by atoms with Crippen molar-refractivity contribution in [2.24, 2.45) is 4.99 Å². The van der Waals surface area contributed by atoms with Crippen molar-refractivity contribution in [3.8, 4) is 5.75 Å².